The van der Waals surface area contributed by atoms with Crippen molar-refractivity contribution in [2.45, 2.75) is 13.5 Å². The number of hydrogen-bond donors (Lipinski definition) is 2. The molecule has 0 unspecified atom stereocenters. The Hall–Kier alpha value is -2.62. The van der Waals surface area contributed by atoms with Gasteiger partial charge in [0.25, 0.3) is 0 Å². The minimum Gasteiger partial charge on any atom is -0.334 e. The largest absolute Gasteiger partial charge is 0.334 e. The number of carbonyl (C=O) groups is 1. The van der Waals surface area contributed by atoms with Crippen molar-refractivity contribution < 1.29 is 4.79 Å². The van der Waals surface area contributed by atoms with E-state index in [1.54, 1.807) is 18.6 Å². The fourth-order valence-electron chi connectivity index (χ4n) is 1.72. The number of nitrogens with one attached hydrogen (secondary N) is 2. The molecule has 0 aliphatic rings. The molecule has 2 rings (SSSR count). The van der Waals surface area contributed by atoms with E-state index < -0.39 is 0 Å². The highest BCUT2D eigenvalue weighted by atomic mass is 16.2. The van der Waals surface area contributed by atoms with E-state index in [1.165, 1.54) is 5.56 Å². The Kier molecular flexibility index (Phi) is 4.89. The molecule has 1 heterocycles. The molecule has 1 aromatic heterocycles. The molecular weight excluding hydrogens is 250 g/mol. The molecule has 1 aromatic carbocycles. The fourth-order valence-corrected chi connectivity index (χ4v) is 1.72. The summed E-state index contributed by atoms with van der Waals surface area (Å²) in [5.41, 5.74) is 3.26. The molecule has 0 saturated carbocycles. The average molecular weight is 267 g/mol. The van der Waals surface area contributed by atoms with Gasteiger partial charge in [0.1, 0.15) is 0 Å². The first-order chi connectivity index (χ1) is 9.74. The van der Waals surface area contributed by atoms with Gasteiger partial charge < -0.3 is 10.6 Å². The average Bonchev–Trinajstić information content (AvgIpc) is 2.46. The van der Waals surface area contributed by atoms with Crippen molar-refractivity contribution in [1.29, 1.82) is 0 Å². The lowest BCUT2D eigenvalue weighted by molar-refractivity contribution is 0.244. The molecule has 2 N–H and O–H groups in total. The van der Waals surface area contributed by atoms with Gasteiger partial charge >= 0.3 is 6.03 Å². The summed E-state index contributed by atoms with van der Waals surface area (Å²) >= 11 is 0. The lowest BCUT2D eigenvalue weighted by atomic mass is 10.1. The summed E-state index contributed by atoms with van der Waals surface area (Å²) < 4.78 is 0. The van der Waals surface area contributed by atoms with E-state index in [0.717, 1.165) is 11.1 Å². The van der Waals surface area contributed by atoms with E-state index in [9.17, 15) is 4.79 Å². The van der Waals surface area contributed by atoms with Gasteiger partial charge in [0, 0.05) is 25.1 Å². The van der Waals surface area contributed by atoms with E-state index in [2.05, 4.69) is 15.6 Å². The minimum absolute atomic E-state index is 0.231. The van der Waals surface area contributed by atoms with Crippen molar-refractivity contribution in [3.8, 4) is 0 Å². The second kappa shape index (κ2) is 7.09. The smallest absolute Gasteiger partial charge is 0.319 e. The number of pyridine rings is 1. The predicted molar refractivity (Wildman–Crippen MR) is 79.8 cm³/mol. The third kappa shape index (κ3) is 4.57. The third-order valence-electron chi connectivity index (χ3n) is 2.73. The van der Waals surface area contributed by atoms with Crippen LogP contribution in [0.3, 0.4) is 0 Å². The molecule has 0 fully saturated rings. The van der Waals surface area contributed by atoms with Crippen LogP contribution in [0.25, 0.3) is 6.08 Å². The molecule has 2 aromatic rings. The zero-order valence-electron chi connectivity index (χ0n) is 11.3. The maximum absolute atomic E-state index is 11.6. The molecule has 0 aliphatic carbocycles. The molecule has 0 spiro atoms. The molecule has 0 saturated heterocycles. The standard InChI is InChI=1S/C16H17N3O/c1-13-3-2-4-14(11-13)7-10-18-16(20)19-12-15-5-8-17-9-6-15/h2-11H,12H2,1H3,(H2,18,19,20)/b10-7+. The van der Waals surface area contributed by atoms with Gasteiger partial charge in [-0.25, -0.2) is 4.79 Å². The molecule has 102 valence electrons. The molecule has 2 amide bonds. The SMILES string of the molecule is Cc1cccc(/C=C/NC(=O)NCc2ccncc2)c1. The van der Waals surface area contributed by atoms with Gasteiger partial charge in [-0.15, -0.1) is 0 Å². The van der Waals surface area contributed by atoms with Gasteiger partial charge in [0.05, 0.1) is 0 Å². The molecule has 0 atom stereocenters. The van der Waals surface area contributed by atoms with Gasteiger partial charge in [-0.3, -0.25) is 4.98 Å². The van der Waals surface area contributed by atoms with E-state index in [1.807, 2.05) is 49.4 Å². The second-order valence-corrected chi connectivity index (χ2v) is 4.43. The van der Waals surface area contributed by atoms with Crippen LogP contribution < -0.4 is 10.6 Å². The van der Waals surface area contributed by atoms with Crippen molar-refractivity contribution in [3.05, 3.63) is 71.7 Å². The predicted octanol–water partition coefficient (Wildman–Crippen LogP) is 2.86. The number of nitrogens with zero attached hydrogens (tertiary/aromatic N) is 1. The first-order valence-corrected chi connectivity index (χ1v) is 6.40. The number of aromatic nitrogens is 1. The molecule has 0 bridgehead atoms. The molecule has 4 nitrogen and oxygen atoms in total. The highest BCUT2D eigenvalue weighted by Gasteiger charge is 1.97. The molecule has 0 aliphatic heterocycles. The fraction of sp³-hybridized carbons (Fsp3) is 0.125. The van der Waals surface area contributed by atoms with Gasteiger partial charge in [-0.2, -0.15) is 0 Å². The van der Waals surface area contributed by atoms with Crippen LogP contribution in [-0.4, -0.2) is 11.0 Å². The monoisotopic (exact) mass is 267 g/mol. The molecule has 0 radical (unpaired) electrons. The quantitative estimate of drug-likeness (QED) is 0.895. The van der Waals surface area contributed by atoms with Gasteiger partial charge in [0.2, 0.25) is 0 Å². The van der Waals surface area contributed by atoms with Crippen LogP contribution in [0.1, 0.15) is 16.7 Å². The third-order valence-corrected chi connectivity index (χ3v) is 2.73. The zero-order chi connectivity index (χ0) is 14.2. The van der Waals surface area contributed by atoms with Crippen molar-refractivity contribution in [1.82, 2.24) is 15.6 Å². The summed E-state index contributed by atoms with van der Waals surface area (Å²) in [7, 11) is 0. The van der Waals surface area contributed by atoms with Crippen molar-refractivity contribution >= 4 is 12.1 Å². The highest BCUT2D eigenvalue weighted by molar-refractivity contribution is 5.75. The number of carbonyl (C=O) groups excluding carboxylic acids is 1. The van der Waals surface area contributed by atoms with Gasteiger partial charge in [-0.05, 0) is 36.3 Å². The first kappa shape index (κ1) is 13.8. The van der Waals surface area contributed by atoms with Gasteiger partial charge in [0.15, 0.2) is 0 Å². The van der Waals surface area contributed by atoms with Crippen LogP contribution in [-0.2, 0) is 6.54 Å². The molecule has 20 heavy (non-hydrogen) atoms. The lowest BCUT2D eigenvalue weighted by Crippen LogP contribution is -2.31. The number of aryl methyl sites for hydroxylation is 1. The maximum Gasteiger partial charge on any atom is 0.319 e. The van der Waals surface area contributed by atoms with Crippen molar-refractivity contribution in [3.63, 3.8) is 0 Å². The van der Waals surface area contributed by atoms with E-state index in [-0.39, 0.29) is 6.03 Å². The van der Waals surface area contributed by atoms with Crippen LogP contribution in [0.4, 0.5) is 4.79 Å². The number of hydrogen-bond acceptors (Lipinski definition) is 2. The van der Waals surface area contributed by atoms with Crippen molar-refractivity contribution in [2.75, 3.05) is 0 Å². The van der Waals surface area contributed by atoms with E-state index in [0.29, 0.717) is 6.54 Å². The summed E-state index contributed by atoms with van der Waals surface area (Å²) in [4.78, 5) is 15.5. The van der Waals surface area contributed by atoms with Crippen LogP contribution in [0.2, 0.25) is 0 Å². The Labute approximate surface area is 118 Å². The number of benzene rings is 1. The zero-order valence-corrected chi connectivity index (χ0v) is 11.3. The Bertz CT molecular complexity index is 594. The lowest BCUT2D eigenvalue weighted by Gasteiger charge is -2.04. The van der Waals surface area contributed by atoms with Gasteiger partial charge in [-0.1, -0.05) is 29.8 Å². The number of urea groups is 1. The van der Waals surface area contributed by atoms with Crippen LogP contribution in [0.15, 0.2) is 55.0 Å². The highest BCUT2D eigenvalue weighted by Crippen LogP contribution is 2.04. The van der Waals surface area contributed by atoms with E-state index >= 15 is 0 Å². The summed E-state index contributed by atoms with van der Waals surface area (Å²) in [6.07, 6.45) is 6.90. The van der Waals surface area contributed by atoms with E-state index in [4.69, 9.17) is 0 Å². The number of rotatable bonds is 4. The summed E-state index contributed by atoms with van der Waals surface area (Å²) in [5.74, 6) is 0. The minimum atomic E-state index is -0.231. The first-order valence-electron chi connectivity index (χ1n) is 6.40. The molecule has 4 heteroatoms. The summed E-state index contributed by atoms with van der Waals surface area (Å²) in [6, 6.07) is 11.6. The summed E-state index contributed by atoms with van der Waals surface area (Å²) in [5, 5.41) is 5.44. The summed E-state index contributed by atoms with van der Waals surface area (Å²) in [6.45, 7) is 2.51. The Morgan fingerprint density at radius 3 is 2.80 bits per heavy atom. The van der Waals surface area contributed by atoms with Crippen LogP contribution >= 0.6 is 0 Å². The van der Waals surface area contributed by atoms with Crippen LogP contribution in [0, 0.1) is 6.92 Å². The Morgan fingerprint density at radius 2 is 2.05 bits per heavy atom. The number of amides is 2. The normalized spacial score (nSPS) is 10.4. The maximum atomic E-state index is 11.6. The second-order valence-electron chi connectivity index (χ2n) is 4.43. The topological polar surface area (TPSA) is 54.0 Å². The Balaban J connectivity index is 1.78. The molecular formula is C16H17N3O. The van der Waals surface area contributed by atoms with Crippen molar-refractivity contribution in [2.24, 2.45) is 0 Å². The van der Waals surface area contributed by atoms with Crippen LogP contribution in [0.5, 0.6) is 0 Å². The Morgan fingerprint density at radius 1 is 1.25 bits per heavy atom.